The van der Waals surface area contributed by atoms with Crippen LogP contribution in [0.15, 0.2) is 0 Å². The molecule has 0 saturated carbocycles. The summed E-state index contributed by atoms with van der Waals surface area (Å²) in [6.07, 6.45) is 0. The van der Waals surface area contributed by atoms with E-state index in [0.29, 0.717) is 13.2 Å². The van der Waals surface area contributed by atoms with Gasteiger partial charge in [-0.3, -0.25) is 0 Å². The first-order valence-electron chi connectivity index (χ1n) is 3.65. The first-order valence-corrected chi connectivity index (χ1v) is 3.65. The Morgan fingerprint density at radius 3 is 2.27 bits per heavy atom. The maximum atomic E-state index is 11.3. The van der Waals surface area contributed by atoms with Gasteiger partial charge >= 0.3 is 5.97 Å². The molecule has 11 heavy (non-hydrogen) atoms. The van der Waals surface area contributed by atoms with E-state index in [-0.39, 0.29) is 6.61 Å². The predicted molar refractivity (Wildman–Crippen MR) is 38.5 cm³/mol. The van der Waals surface area contributed by atoms with Crippen LogP contribution in [0.1, 0.15) is 13.8 Å². The molecule has 1 atom stereocenters. The van der Waals surface area contributed by atoms with Crippen LogP contribution < -0.4 is 0 Å². The van der Waals surface area contributed by atoms with E-state index >= 15 is 0 Å². The molecule has 1 radical (unpaired) electrons. The Morgan fingerprint density at radius 2 is 1.91 bits per heavy atom. The van der Waals surface area contributed by atoms with Crippen molar-refractivity contribution in [2.75, 3.05) is 26.9 Å². The lowest BCUT2D eigenvalue weighted by atomic mass is 10.6. The highest BCUT2D eigenvalue weighted by molar-refractivity contribution is 4.49. The Balaban J connectivity index is 3.68. The van der Waals surface area contributed by atoms with Gasteiger partial charge < -0.3 is 14.2 Å². The molecule has 0 bridgehead atoms. The molecule has 0 aliphatic rings. The molecule has 0 aliphatic heterocycles. The van der Waals surface area contributed by atoms with E-state index < -0.39 is 5.97 Å². The average Bonchev–Trinajstić information content (AvgIpc) is 2.02. The number of hydrogen-bond acceptors (Lipinski definition) is 3. The van der Waals surface area contributed by atoms with Crippen LogP contribution in [-0.2, 0) is 19.3 Å². The fourth-order valence-corrected chi connectivity index (χ4v) is 0.606. The van der Waals surface area contributed by atoms with Crippen molar-refractivity contribution >= 4 is 0 Å². The van der Waals surface area contributed by atoms with Crippen LogP contribution >= 0.6 is 0 Å². The zero-order valence-electron chi connectivity index (χ0n) is 7.25. The highest BCUT2D eigenvalue weighted by Gasteiger charge is 2.29. The van der Waals surface area contributed by atoms with E-state index in [0.717, 1.165) is 0 Å². The predicted octanol–water partition coefficient (Wildman–Crippen LogP) is 0.790. The third-order valence-corrected chi connectivity index (χ3v) is 1.16. The second-order valence-electron chi connectivity index (χ2n) is 1.96. The minimum atomic E-state index is -1.83. The molecule has 4 heteroatoms. The summed E-state index contributed by atoms with van der Waals surface area (Å²) in [6.45, 7) is 4.28. The van der Waals surface area contributed by atoms with Gasteiger partial charge in [-0.1, -0.05) is 0 Å². The molecule has 0 heterocycles. The highest BCUT2D eigenvalue weighted by Crippen LogP contribution is 2.08. The lowest BCUT2D eigenvalue weighted by molar-refractivity contribution is -0.392. The zero-order chi connectivity index (χ0) is 8.74. The van der Waals surface area contributed by atoms with Crippen molar-refractivity contribution in [3.63, 3.8) is 0 Å². The zero-order valence-corrected chi connectivity index (χ0v) is 7.25. The summed E-state index contributed by atoms with van der Waals surface area (Å²) in [5.74, 6) is -1.83. The largest absolute Gasteiger partial charge is 0.373 e. The summed E-state index contributed by atoms with van der Waals surface area (Å²) in [6, 6.07) is 0. The van der Waals surface area contributed by atoms with Gasteiger partial charge in [0.25, 0.3) is 0 Å². The topological polar surface area (TPSA) is 47.6 Å². The molecule has 0 aromatic carbocycles. The Labute approximate surface area is 67.1 Å². The fraction of sp³-hybridized carbons (Fsp3) is 1.00. The number of rotatable bonds is 6. The Bertz CT molecular complexity index is 96.4. The van der Waals surface area contributed by atoms with E-state index in [2.05, 4.69) is 4.74 Å². The summed E-state index contributed by atoms with van der Waals surface area (Å²) >= 11 is 0. The molecule has 0 spiro atoms. The molecular formula is C7H15O4. The summed E-state index contributed by atoms with van der Waals surface area (Å²) in [4.78, 5) is 0. The minimum absolute atomic E-state index is 0.0756. The average molecular weight is 163 g/mol. The third-order valence-electron chi connectivity index (χ3n) is 1.16. The van der Waals surface area contributed by atoms with Crippen molar-refractivity contribution in [1.29, 1.82) is 0 Å². The molecule has 0 aromatic rings. The van der Waals surface area contributed by atoms with Crippen molar-refractivity contribution < 1.29 is 19.3 Å². The van der Waals surface area contributed by atoms with Crippen LogP contribution in [0.25, 0.3) is 0 Å². The van der Waals surface area contributed by atoms with Gasteiger partial charge in [0.05, 0.1) is 0 Å². The van der Waals surface area contributed by atoms with Gasteiger partial charge in [0.1, 0.15) is 6.61 Å². The normalized spacial score (nSPS) is 16.4. The van der Waals surface area contributed by atoms with Crippen molar-refractivity contribution in [3.05, 3.63) is 0 Å². The van der Waals surface area contributed by atoms with Crippen molar-refractivity contribution in [2.45, 2.75) is 19.8 Å². The van der Waals surface area contributed by atoms with Gasteiger partial charge in [-0.15, -0.1) is 0 Å². The SMILES string of the molecule is CCOCC([O])(OC)OCC. The smallest absolute Gasteiger partial charge is 0.336 e. The first-order chi connectivity index (χ1) is 5.18. The van der Waals surface area contributed by atoms with Crippen molar-refractivity contribution in [2.24, 2.45) is 0 Å². The van der Waals surface area contributed by atoms with Crippen LogP contribution in [0, 0.1) is 0 Å². The first kappa shape index (κ1) is 10.8. The van der Waals surface area contributed by atoms with Crippen LogP contribution in [-0.4, -0.2) is 32.9 Å². The lowest BCUT2D eigenvalue weighted by Crippen LogP contribution is -2.38. The van der Waals surface area contributed by atoms with Crippen LogP contribution in [0.4, 0.5) is 0 Å². The summed E-state index contributed by atoms with van der Waals surface area (Å²) in [7, 11) is 1.31. The van der Waals surface area contributed by atoms with Gasteiger partial charge in [-0.25, -0.2) is 0 Å². The number of ether oxygens (including phenoxy) is 3. The minimum Gasteiger partial charge on any atom is -0.373 e. The summed E-state index contributed by atoms with van der Waals surface area (Å²) in [5, 5.41) is 11.3. The van der Waals surface area contributed by atoms with Gasteiger partial charge in [-0.2, -0.15) is 5.11 Å². The quantitative estimate of drug-likeness (QED) is 0.544. The molecule has 1 unspecified atom stereocenters. The second-order valence-corrected chi connectivity index (χ2v) is 1.96. The molecule has 0 aromatic heterocycles. The number of hydrogen-bond donors (Lipinski definition) is 0. The van der Waals surface area contributed by atoms with E-state index in [9.17, 15) is 5.11 Å². The summed E-state index contributed by atoms with van der Waals surface area (Å²) < 4.78 is 14.2. The maximum Gasteiger partial charge on any atom is 0.336 e. The Morgan fingerprint density at radius 1 is 1.27 bits per heavy atom. The highest BCUT2D eigenvalue weighted by atomic mass is 16.8. The maximum absolute atomic E-state index is 11.3. The fourth-order valence-electron chi connectivity index (χ4n) is 0.606. The van der Waals surface area contributed by atoms with Crippen LogP contribution in [0.3, 0.4) is 0 Å². The monoisotopic (exact) mass is 163 g/mol. The Kier molecular flexibility index (Phi) is 5.41. The van der Waals surface area contributed by atoms with E-state index in [4.69, 9.17) is 9.47 Å². The molecule has 67 valence electrons. The number of methoxy groups -OCH3 is 1. The lowest BCUT2D eigenvalue weighted by Gasteiger charge is -2.22. The molecule has 0 N–H and O–H groups in total. The standard InChI is InChI=1S/C7H15O4/c1-4-10-6-7(8,9-3)11-5-2/h4-6H2,1-3H3. The molecule has 0 fully saturated rings. The molecule has 0 rings (SSSR count). The second kappa shape index (κ2) is 5.49. The molecule has 0 amide bonds. The van der Waals surface area contributed by atoms with Crippen molar-refractivity contribution in [1.82, 2.24) is 0 Å². The third kappa shape index (κ3) is 4.31. The molecule has 4 nitrogen and oxygen atoms in total. The van der Waals surface area contributed by atoms with E-state index in [1.807, 2.05) is 6.92 Å². The van der Waals surface area contributed by atoms with E-state index in [1.165, 1.54) is 7.11 Å². The molecule has 0 saturated heterocycles. The van der Waals surface area contributed by atoms with Gasteiger partial charge in [-0.05, 0) is 13.8 Å². The van der Waals surface area contributed by atoms with Crippen LogP contribution in [0.5, 0.6) is 0 Å². The van der Waals surface area contributed by atoms with E-state index in [1.54, 1.807) is 6.92 Å². The van der Waals surface area contributed by atoms with Crippen LogP contribution in [0.2, 0.25) is 0 Å². The molecule has 0 aliphatic carbocycles. The summed E-state index contributed by atoms with van der Waals surface area (Å²) in [5.41, 5.74) is 0. The van der Waals surface area contributed by atoms with Gasteiger partial charge in [0, 0.05) is 20.3 Å². The van der Waals surface area contributed by atoms with Gasteiger partial charge in [0.2, 0.25) is 0 Å². The van der Waals surface area contributed by atoms with Crippen molar-refractivity contribution in [3.8, 4) is 0 Å². The molecular weight excluding hydrogens is 148 g/mol. The Hall–Kier alpha value is -0.160. The van der Waals surface area contributed by atoms with Gasteiger partial charge in [0.15, 0.2) is 0 Å².